The molecule has 0 fully saturated rings. The van der Waals surface area contributed by atoms with Crippen LogP contribution in [0.25, 0.3) is 0 Å². The van der Waals surface area contributed by atoms with Crippen molar-refractivity contribution in [1.82, 2.24) is 9.21 Å². The Morgan fingerprint density at radius 3 is 2.47 bits per heavy atom. The zero-order valence-corrected chi connectivity index (χ0v) is 22.6. The molecule has 0 unspecified atom stereocenters. The van der Waals surface area contributed by atoms with Crippen LogP contribution in [0.2, 0.25) is 0 Å². The van der Waals surface area contributed by atoms with E-state index in [9.17, 15) is 13.2 Å². The van der Waals surface area contributed by atoms with E-state index in [0.29, 0.717) is 18.0 Å². The molecule has 0 bridgehead atoms. The van der Waals surface area contributed by atoms with Gasteiger partial charge in [-0.05, 0) is 68.5 Å². The van der Waals surface area contributed by atoms with E-state index in [4.69, 9.17) is 9.47 Å². The number of carbonyl (C=O) groups is 1. The quantitative estimate of drug-likeness (QED) is 0.404. The molecular formula is C27H32N2O5S2. The largest absolute Gasteiger partial charge is 0.493 e. The predicted molar refractivity (Wildman–Crippen MR) is 141 cm³/mol. The van der Waals surface area contributed by atoms with Crippen LogP contribution in [0.15, 0.2) is 64.9 Å². The number of rotatable bonds is 9. The maximum atomic E-state index is 13.7. The first-order chi connectivity index (χ1) is 17.2. The maximum absolute atomic E-state index is 13.7. The molecule has 4 rings (SSSR count). The minimum absolute atomic E-state index is 0.185. The van der Waals surface area contributed by atoms with Crippen molar-refractivity contribution in [1.29, 1.82) is 0 Å². The molecule has 192 valence electrons. The van der Waals surface area contributed by atoms with Crippen molar-refractivity contribution in [2.45, 2.75) is 44.2 Å². The van der Waals surface area contributed by atoms with Gasteiger partial charge in [0.15, 0.2) is 11.5 Å². The summed E-state index contributed by atoms with van der Waals surface area (Å²) in [5, 5.41) is 2.02. The van der Waals surface area contributed by atoms with Crippen molar-refractivity contribution in [2.24, 2.45) is 0 Å². The molecule has 1 amide bonds. The molecule has 0 spiro atoms. The predicted octanol–water partition coefficient (Wildman–Crippen LogP) is 4.67. The van der Waals surface area contributed by atoms with E-state index < -0.39 is 10.0 Å². The van der Waals surface area contributed by atoms with Gasteiger partial charge in [0.1, 0.15) is 6.61 Å². The molecule has 1 aromatic heterocycles. The third kappa shape index (κ3) is 5.43. The van der Waals surface area contributed by atoms with Gasteiger partial charge in [0.2, 0.25) is 15.9 Å². The Morgan fingerprint density at radius 2 is 1.81 bits per heavy atom. The fourth-order valence-corrected chi connectivity index (χ4v) is 6.91. The van der Waals surface area contributed by atoms with Crippen LogP contribution in [-0.2, 0) is 21.2 Å². The first-order valence-corrected chi connectivity index (χ1v) is 14.2. The first kappa shape index (κ1) is 26.2. The van der Waals surface area contributed by atoms with Crippen molar-refractivity contribution in [3.63, 3.8) is 0 Å². The molecule has 1 atom stereocenters. The average Bonchev–Trinajstić information content (AvgIpc) is 3.35. The molecule has 1 aliphatic heterocycles. The van der Waals surface area contributed by atoms with Gasteiger partial charge in [0.25, 0.3) is 0 Å². The van der Waals surface area contributed by atoms with Gasteiger partial charge in [0, 0.05) is 17.5 Å². The van der Waals surface area contributed by atoms with E-state index in [1.54, 1.807) is 61.5 Å². The summed E-state index contributed by atoms with van der Waals surface area (Å²) in [6, 6.07) is 15.4. The summed E-state index contributed by atoms with van der Waals surface area (Å²) in [6.45, 7) is 5.98. The number of carbonyl (C=O) groups excluding carboxylic acids is 1. The van der Waals surface area contributed by atoms with Crippen molar-refractivity contribution in [3.8, 4) is 11.5 Å². The molecule has 0 saturated carbocycles. The summed E-state index contributed by atoms with van der Waals surface area (Å²) in [5.41, 5.74) is 2.02. The molecule has 0 saturated heterocycles. The summed E-state index contributed by atoms with van der Waals surface area (Å²) in [7, 11) is -2.25. The van der Waals surface area contributed by atoms with Crippen molar-refractivity contribution >= 4 is 27.3 Å². The fourth-order valence-electron chi connectivity index (χ4n) is 4.40. The van der Waals surface area contributed by atoms with Crippen LogP contribution in [0.5, 0.6) is 11.5 Å². The number of nitrogens with zero attached hydrogens (tertiary/aromatic N) is 2. The maximum Gasteiger partial charge on any atom is 0.243 e. The lowest BCUT2D eigenvalue weighted by atomic mass is 10.0. The van der Waals surface area contributed by atoms with Gasteiger partial charge >= 0.3 is 0 Å². The van der Waals surface area contributed by atoms with Crippen LogP contribution < -0.4 is 9.47 Å². The van der Waals surface area contributed by atoms with Crippen molar-refractivity contribution < 1.29 is 22.7 Å². The SMILES string of the molecule is COc1ccccc1OC[C@H]1c2ccsc2CCN1C(=O)CN(C(C)C)S(=O)(=O)c1ccc(C)cc1. The van der Waals surface area contributed by atoms with E-state index in [0.717, 1.165) is 17.5 Å². The van der Waals surface area contributed by atoms with Crippen LogP contribution in [0.1, 0.15) is 35.9 Å². The number of aryl methyl sites for hydroxylation is 1. The number of amides is 1. The number of fused-ring (bicyclic) bond motifs is 1. The molecule has 7 nitrogen and oxygen atoms in total. The highest BCUT2D eigenvalue weighted by Crippen LogP contribution is 2.35. The molecule has 9 heteroatoms. The highest BCUT2D eigenvalue weighted by atomic mass is 32.2. The lowest BCUT2D eigenvalue weighted by molar-refractivity contribution is -0.135. The van der Waals surface area contributed by atoms with Gasteiger partial charge < -0.3 is 14.4 Å². The number of benzene rings is 2. The monoisotopic (exact) mass is 528 g/mol. The Labute approximate surface area is 217 Å². The topological polar surface area (TPSA) is 76.2 Å². The lowest BCUT2D eigenvalue weighted by Crippen LogP contribution is -2.49. The second-order valence-corrected chi connectivity index (χ2v) is 12.0. The van der Waals surface area contributed by atoms with Crippen LogP contribution >= 0.6 is 11.3 Å². The molecule has 36 heavy (non-hydrogen) atoms. The number of para-hydroxylation sites is 2. The van der Waals surface area contributed by atoms with Gasteiger partial charge in [-0.15, -0.1) is 11.3 Å². The third-order valence-electron chi connectivity index (χ3n) is 6.38. The Bertz CT molecular complexity index is 1300. The Kier molecular flexibility index (Phi) is 8.02. The number of hydrogen-bond acceptors (Lipinski definition) is 6. The number of ether oxygens (including phenoxy) is 2. The van der Waals surface area contributed by atoms with Crippen LogP contribution in [0, 0.1) is 6.92 Å². The van der Waals surface area contributed by atoms with Crippen LogP contribution in [-0.4, -0.2) is 56.4 Å². The van der Waals surface area contributed by atoms with Gasteiger partial charge in [-0.2, -0.15) is 4.31 Å². The summed E-state index contributed by atoms with van der Waals surface area (Å²) in [5.74, 6) is 0.970. The van der Waals surface area contributed by atoms with Crippen molar-refractivity contribution in [3.05, 3.63) is 76.0 Å². The van der Waals surface area contributed by atoms with Crippen LogP contribution in [0.3, 0.4) is 0 Å². The number of methoxy groups -OCH3 is 1. The molecule has 2 heterocycles. The molecule has 0 radical (unpaired) electrons. The standard InChI is InChI=1S/C27H32N2O5S2/c1-19(2)29(36(31,32)21-11-9-20(3)10-12-21)17-27(30)28-15-13-26-22(14-16-35-26)23(28)18-34-25-8-6-5-7-24(25)33-4/h5-12,14,16,19,23H,13,15,17-18H2,1-4H3/t23-/m0/s1. The minimum Gasteiger partial charge on any atom is -0.493 e. The van der Waals surface area contributed by atoms with E-state index in [1.165, 1.54) is 9.18 Å². The third-order valence-corrected chi connectivity index (χ3v) is 9.41. The Balaban J connectivity index is 1.58. The molecule has 0 N–H and O–H groups in total. The highest BCUT2D eigenvalue weighted by Gasteiger charge is 2.36. The van der Waals surface area contributed by atoms with Gasteiger partial charge in [-0.1, -0.05) is 29.8 Å². The fraction of sp³-hybridized carbons (Fsp3) is 0.370. The summed E-state index contributed by atoms with van der Waals surface area (Å²) >= 11 is 1.67. The molecule has 0 aliphatic carbocycles. The highest BCUT2D eigenvalue weighted by molar-refractivity contribution is 7.89. The van der Waals surface area contributed by atoms with Crippen molar-refractivity contribution in [2.75, 3.05) is 26.8 Å². The normalized spacial score (nSPS) is 15.7. The van der Waals surface area contributed by atoms with Gasteiger partial charge in [-0.3, -0.25) is 4.79 Å². The minimum atomic E-state index is -3.84. The number of thiophene rings is 1. The van der Waals surface area contributed by atoms with E-state index in [-0.39, 0.29) is 36.0 Å². The van der Waals surface area contributed by atoms with Crippen LogP contribution in [0.4, 0.5) is 0 Å². The van der Waals surface area contributed by atoms with Gasteiger partial charge in [0.05, 0.1) is 24.6 Å². The zero-order valence-electron chi connectivity index (χ0n) is 21.0. The summed E-state index contributed by atoms with van der Waals surface area (Å²) in [6.07, 6.45) is 0.732. The zero-order chi connectivity index (χ0) is 25.9. The smallest absolute Gasteiger partial charge is 0.243 e. The van der Waals surface area contributed by atoms with E-state index in [1.807, 2.05) is 42.6 Å². The van der Waals surface area contributed by atoms with E-state index >= 15 is 0 Å². The molecule has 1 aliphatic rings. The number of hydrogen-bond donors (Lipinski definition) is 0. The molecule has 3 aromatic rings. The Hall–Kier alpha value is -2.88. The Morgan fingerprint density at radius 1 is 1.11 bits per heavy atom. The second kappa shape index (κ2) is 11.0. The lowest BCUT2D eigenvalue weighted by Gasteiger charge is -2.37. The second-order valence-electron chi connectivity index (χ2n) is 9.07. The molecule has 2 aromatic carbocycles. The molecular weight excluding hydrogens is 496 g/mol. The first-order valence-electron chi connectivity index (χ1n) is 11.9. The summed E-state index contributed by atoms with van der Waals surface area (Å²) < 4.78 is 39.7. The number of sulfonamides is 1. The van der Waals surface area contributed by atoms with Gasteiger partial charge in [-0.25, -0.2) is 8.42 Å². The van der Waals surface area contributed by atoms with E-state index in [2.05, 4.69) is 0 Å². The average molecular weight is 529 g/mol. The summed E-state index contributed by atoms with van der Waals surface area (Å²) in [4.78, 5) is 16.8.